The Morgan fingerprint density at radius 3 is 1.62 bits per heavy atom. The number of hydrogen-bond donors (Lipinski definition) is 1. The van der Waals surface area contributed by atoms with Crippen molar-refractivity contribution in [2.24, 2.45) is 0 Å². The third-order valence-electron chi connectivity index (χ3n) is 6.47. The number of hydrogen-bond acceptors (Lipinski definition) is 2. The van der Waals surface area contributed by atoms with Crippen molar-refractivity contribution in [2.75, 3.05) is 6.61 Å². The molecule has 0 aliphatic rings. The monoisotopic (exact) mass is 690 g/mol. The van der Waals surface area contributed by atoms with E-state index < -0.39 is 0 Å². The lowest BCUT2D eigenvalue weighted by atomic mass is 10.0. The maximum atomic E-state index is 10.4. The molecule has 0 bridgehead atoms. The normalized spacial score (nSPS) is 11.1. The van der Waals surface area contributed by atoms with Gasteiger partial charge < -0.3 is 9.84 Å². The summed E-state index contributed by atoms with van der Waals surface area (Å²) in [4.78, 5) is 0. The zero-order chi connectivity index (χ0) is 24.4. The lowest BCUT2D eigenvalue weighted by Crippen LogP contribution is -1.98. The standard InChI is InChI=1S/C30H44I2O2/c1-2-3-4-5-6-7-8-9-10-11-12-13-14-15-16-17-23-34-25-21-22-29(33)26(24-25)30-27(31)19-18-20-28(30)32/h18-22,24,33H,2-17,23H2,1H3. The van der Waals surface area contributed by atoms with Gasteiger partial charge in [0.2, 0.25) is 0 Å². The number of phenols is 1. The lowest BCUT2D eigenvalue weighted by Gasteiger charge is -2.12. The highest BCUT2D eigenvalue weighted by molar-refractivity contribution is 14.1. The van der Waals surface area contributed by atoms with Crippen molar-refractivity contribution in [3.05, 3.63) is 43.5 Å². The van der Waals surface area contributed by atoms with E-state index in [1.54, 1.807) is 6.07 Å². The Hall–Kier alpha value is -0.500. The predicted molar refractivity (Wildman–Crippen MR) is 164 cm³/mol. The molecule has 0 aromatic heterocycles. The summed E-state index contributed by atoms with van der Waals surface area (Å²) >= 11 is 4.66. The van der Waals surface area contributed by atoms with Crippen molar-refractivity contribution in [2.45, 2.75) is 110 Å². The Bertz CT molecular complexity index is 786. The number of unbranched alkanes of at least 4 members (excludes halogenated alkanes) is 15. The average Bonchev–Trinajstić information content (AvgIpc) is 2.82. The Labute approximate surface area is 235 Å². The van der Waals surface area contributed by atoms with Gasteiger partial charge in [0.15, 0.2) is 0 Å². The van der Waals surface area contributed by atoms with Gasteiger partial charge in [0.25, 0.3) is 0 Å². The van der Waals surface area contributed by atoms with Crippen molar-refractivity contribution in [3.8, 4) is 22.6 Å². The van der Waals surface area contributed by atoms with Crippen molar-refractivity contribution >= 4 is 45.2 Å². The lowest BCUT2D eigenvalue weighted by molar-refractivity contribution is 0.304. The first-order valence-electron chi connectivity index (χ1n) is 13.5. The first-order chi connectivity index (χ1) is 16.6. The van der Waals surface area contributed by atoms with Crippen LogP contribution in [-0.4, -0.2) is 11.7 Å². The van der Waals surface area contributed by atoms with Crippen LogP contribution in [0.15, 0.2) is 36.4 Å². The number of phenolic OH excluding ortho intramolecular Hbond substituents is 1. The molecule has 2 nitrogen and oxygen atoms in total. The highest BCUT2D eigenvalue weighted by Crippen LogP contribution is 2.38. The number of halogens is 2. The number of benzene rings is 2. The van der Waals surface area contributed by atoms with Crippen LogP contribution < -0.4 is 4.74 Å². The van der Waals surface area contributed by atoms with Gasteiger partial charge in [-0.3, -0.25) is 0 Å². The van der Waals surface area contributed by atoms with Crippen LogP contribution in [0.4, 0.5) is 0 Å². The highest BCUT2D eigenvalue weighted by Gasteiger charge is 2.13. The minimum absolute atomic E-state index is 0.303. The zero-order valence-corrected chi connectivity index (χ0v) is 25.4. The van der Waals surface area contributed by atoms with Gasteiger partial charge in [0, 0.05) is 18.3 Å². The first-order valence-corrected chi connectivity index (χ1v) is 15.7. The van der Waals surface area contributed by atoms with E-state index in [9.17, 15) is 5.11 Å². The summed E-state index contributed by atoms with van der Waals surface area (Å²) in [7, 11) is 0. The quantitative estimate of drug-likeness (QED) is 0.117. The summed E-state index contributed by atoms with van der Waals surface area (Å²) in [6.07, 6.45) is 22.0. The van der Waals surface area contributed by atoms with Crippen molar-refractivity contribution in [1.29, 1.82) is 0 Å². The largest absolute Gasteiger partial charge is 0.507 e. The molecule has 0 saturated carbocycles. The molecule has 0 fully saturated rings. The van der Waals surface area contributed by atoms with E-state index in [1.807, 2.05) is 18.2 Å². The van der Waals surface area contributed by atoms with Gasteiger partial charge in [0.05, 0.1) is 6.61 Å². The van der Waals surface area contributed by atoms with Gasteiger partial charge in [-0.1, -0.05) is 109 Å². The SMILES string of the molecule is CCCCCCCCCCCCCCCCCCOc1ccc(O)c(-c2c(I)cccc2I)c1. The summed E-state index contributed by atoms with van der Waals surface area (Å²) in [6, 6.07) is 11.8. The van der Waals surface area contributed by atoms with E-state index in [0.29, 0.717) is 5.75 Å². The average molecular weight is 690 g/mol. The van der Waals surface area contributed by atoms with E-state index in [2.05, 4.69) is 64.2 Å². The molecule has 0 aliphatic heterocycles. The second kappa shape index (κ2) is 18.7. The molecule has 34 heavy (non-hydrogen) atoms. The summed E-state index contributed by atoms with van der Waals surface area (Å²) in [5, 5.41) is 10.4. The molecule has 0 amide bonds. The van der Waals surface area contributed by atoms with Crippen LogP contribution in [0.5, 0.6) is 11.5 Å². The number of ether oxygens (including phenoxy) is 1. The van der Waals surface area contributed by atoms with Gasteiger partial charge in [0.1, 0.15) is 11.5 Å². The molecule has 0 saturated heterocycles. The molecule has 0 unspecified atom stereocenters. The fourth-order valence-electron chi connectivity index (χ4n) is 4.40. The summed E-state index contributed by atoms with van der Waals surface area (Å²) in [6.45, 7) is 3.03. The van der Waals surface area contributed by atoms with Crippen LogP contribution in [0.3, 0.4) is 0 Å². The molecule has 0 spiro atoms. The third-order valence-corrected chi connectivity index (χ3v) is 8.26. The predicted octanol–water partition coefficient (Wildman–Crippen LogP) is 10.9. The Morgan fingerprint density at radius 1 is 0.647 bits per heavy atom. The number of rotatable bonds is 19. The minimum atomic E-state index is 0.303. The molecular formula is C30H44I2O2. The minimum Gasteiger partial charge on any atom is -0.507 e. The van der Waals surface area contributed by atoms with Gasteiger partial charge in [-0.25, -0.2) is 0 Å². The smallest absolute Gasteiger partial charge is 0.123 e. The van der Waals surface area contributed by atoms with E-state index in [0.717, 1.165) is 37.0 Å². The van der Waals surface area contributed by atoms with E-state index in [-0.39, 0.29) is 0 Å². The summed E-state index contributed by atoms with van der Waals surface area (Å²) in [5.41, 5.74) is 1.92. The summed E-state index contributed by atoms with van der Waals surface area (Å²) in [5.74, 6) is 1.14. The molecule has 0 radical (unpaired) electrons. The van der Waals surface area contributed by atoms with E-state index >= 15 is 0 Å². The maximum absolute atomic E-state index is 10.4. The van der Waals surface area contributed by atoms with E-state index in [4.69, 9.17) is 4.74 Å². The molecular weight excluding hydrogens is 646 g/mol. The molecule has 0 atom stereocenters. The van der Waals surface area contributed by atoms with Crippen molar-refractivity contribution in [1.82, 2.24) is 0 Å². The topological polar surface area (TPSA) is 29.5 Å². The first kappa shape index (κ1) is 29.7. The van der Waals surface area contributed by atoms with Crippen LogP contribution >= 0.6 is 45.2 Å². The molecule has 2 aromatic carbocycles. The second-order valence-electron chi connectivity index (χ2n) is 9.43. The highest BCUT2D eigenvalue weighted by atomic mass is 127. The van der Waals surface area contributed by atoms with Gasteiger partial charge in [-0.2, -0.15) is 0 Å². The summed E-state index contributed by atoms with van der Waals surface area (Å²) < 4.78 is 8.27. The van der Waals surface area contributed by atoms with Crippen molar-refractivity contribution < 1.29 is 9.84 Å². The Kier molecular flexibility index (Phi) is 16.4. The van der Waals surface area contributed by atoms with E-state index in [1.165, 1.54) is 96.3 Å². The van der Waals surface area contributed by atoms with Crippen LogP contribution in [0, 0.1) is 7.14 Å². The zero-order valence-electron chi connectivity index (χ0n) is 21.1. The second-order valence-corrected chi connectivity index (χ2v) is 11.8. The maximum Gasteiger partial charge on any atom is 0.123 e. The van der Waals surface area contributed by atoms with Crippen LogP contribution in [-0.2, 0) is 0 Å². The molecule has 190 valence electrons. The molecule has 0 heterocycles. The van der Waals surface area contributed by atoms with Crippen molar-refractivity contribution in [3.63, 3.8) is 0 Å². The molecule has 2 rings (SSSR count). The molecule has 0 aliphatic carbocycles. The Balaban J connectivity index is 1.49. The van der Waals surface area contributed by atoms with Crippen LogP contribution in [0.1, 0.15) is 110 Å². The van der Waals surface area contributed by atoms with Crippen LogP contribution in [0.25, 0.3) is 11.1 Å². The van der Waals surface area contributed by atoms with Gasteiger partial charge in [-0.05, 0) is 81.9 Å². The number of aromatic hydroxyl groups is 1. The van der Waals surface area contributed by atoms with Crippen LogP contribution in [0.2, 0.25) is 0 Å². The van der Waals surface area contributed by atoms with Gasteiger partial charge in [-0.15, -0.1) is 0 Å². The fraction of sp³-hybridized carbons (Fsp3) is 0.600. The fourth-order valence-corrected chi connectivity index (χ4v) is 6.49. The molecule has 2 aromatic rings. The van der Waals surface area contributed by atoms with Gasteiger partial charge >= 0.3 is 0 Å². The molecule has 1 N–H and O–H groups in total. The molecule has 4 heteroatoms. The Morgan fingerprint density at radius 2 is 1.12 bits per heavy atom. The third kappa shape index (κ3) is 12.0.